The molecule has 7 heteroatoms. The summed E-state index contributed by atoms with van der Waals surface area (Å²) < 4.78 is 28.0. The second-order valence-electron chi connectivity index (χ2n) is 5.74. The number of thiophene rings is 1. The summed E-state index contributed by atoms with van der Waals surface area (Å²) in [6, 6.07) is 1.80. The Labute approximate surface area is 140 Å². The topological polar surface area (TPSA) is 49.4 Å². The number of piperidine rings is 1. The first-order valence-corrected chi connectivity index (χ1v) is 10.4. The largest absolute Gasteiger partial charge is 0.312 e. The Morgan fingerprint density at radius 2 is 2.14 bits per heavy atom. The van der Waals surface area contributed by atoms with Gasteiger partial charge in [0.25, 0.3) is 0 Å². The van der Waals surface area contributed by atoms with Gasteiger partial charge in [-0.3, -0.25) is 0 Å². The van der Waals surface area contributed by atoms with Crippen molar-refractivity contribution in [1.82, 2.24) is 9.62 Å². The zero-order valence-electron chi connectivity index (χ0n) is 12.7. The predicted octanol–water partition coefficient (Wildman–Crippen LogP) is 3.29. The molecule has 0 spiro atoms. The molecule has 1 N–H and O–H groups in total. The highest BCUT2D eigenvalue weighted by atomic mass is 79.9. The van der Waals surface area contributed by atoms with Crippen LogP contribution < -0.4 is 5.32 Å². The number of halogens is 1. The van der Waals surface area contributed by atoms with E-state index in [1.165, 1.54) is 11.3 Å². The van der Waals surface area contributed by atoms with Gasteiger partial charge >= 0.3 is 0 Å². The summed E-state index contributed by atoms with van der Waals surface area (Å²) in [6.45, 7) is 9.20. The van der Waals surface area contributed by atoms with Gasteiger partial charge in [0.1, 0.15) is 4.90 Å². The fraction of sp³-hybridized carbons (Fsp3) is 0.714. The molecule has 2 unspecified atom stereocenters. The summed E-state index contributed by atoms with van der Waals surface area (Å²) in [4.78, 5) is 1.46. The normalized spacial score (nSPS) is 24.4. The van der Waals surface area contributed by atoms with Crippen LogP contribution in [0.2, 0.25) is 0 Å². The van der Waals surface area contributed by atoms with E-state index < -0.39 is 10.0 Å². The lowest BCUT2D eigenvalue weighted by molar-refractivity contribution is 0.212. The van der Waals surface area contributed by atoms with Crippen LogP contribution in [0.4, 0.5) is 0 Å². The number of nitrogens with one attached hydrogen (secondary N) is 1. The minimum absolute atomic E-state index is 0.409. The van der Waals surface area contributed by atoms with Gasteiger partial charge in [-0.25, -0.2) is 8.42 Å². The van der Waals surface area contributed by atoms with E-state index in [0.717, 1.165) is 17.8 Å². The van der Waals surface area contributed by atoms with E-state index in [-0.39, 0.29) is 0 Å². The van der Waals surface area contributed by atoms with Gasteiger partial charge in [-0.15, -0.1) is 11.3 Å². The Morgan fingerprint density at radius 1 is 1.43 bits per heavy atom. The fourth-order valence-corrected chi connectivity index (χ4v) is 6.65. The minimum atomic E-state index is -3.38. The summed E-state index contributed by atoms with van der Waals surface area (Å²) in [5.41, 5.74) is 0. The molecular weight excluding hydrogens is 372 g/mol. The van der Waals surface area contributed by atoms with Crippen molar-refractivity contribution in [3.05, 3.63) is 14.7 Å². The monoisotopic (exact) mass is 394 g/mol. The van der Waals surface area contributed by atoms with Crippen LogP contribution in [0.15, 0.2) is 14.7 Å². The molecule has 21 heavy (non-hydrogen) atoms. The van der Waals surface area contributed by atoms with E-state index in [0.29, 0.717) is 40.2 Å². The van der Waals surface area contributed by atoms with Crippen LogP contribution in [0.3, 0.4) is 0 Å². The van der Waals surface area contributed by atoms with Gasteiger partial charge in [0.15, 0.2) is 0 Å². The van der Waals surface area contributed by atoms with E-state index in [4.69, 9.17) is 0 Å². The molecule has 0 amide bonds. The third-order valence-electron chi connectivity index (χ3n) is 4.17. The van der Waals surface area contributed by atoms with Crippen LogP contribution in [0.5, 0.6) is 0 Å². The molecule has 2 rings (SSSR count). The summed E-state index contributed by atoms with van der Waals surface area (Å²) in [5, 5.41) is 3.23. The van der Waals surface area contributed by atoms with Crippen molar-refractivity contribution >= 4 is 37.3 Å². The molecule has 2 atom stereocenters. The van der Waals surface area contributed by atoms with Crippen molar-refractivity contribution < 1.29 is 8.42 Å². The number of nitrogens with zero attached hydrogens (tertiary/aromatic N) is 1. The molecule has 0 radical (unpaired) electrons. The molecule has 1 aromatic heterocycles. The van der Waals surface area contributed by atoms with Crippen molar-refractivity contribution in [1.29, 1.82) is 0 Å². The SMILES string of the molecule is CCNCc1cc(S(=O)(=O)N2CCC(C)C(C)C2)c(Br)s1. The second-order valence-corrected chi connectivity index (χ2v) is 10.1. The molecule has 1 aliphatic heterocycles. The lowest BCUT2D eigenvalue weighted by atomic mass is 9.90. The van der Waals surface area contributed by atoms with Crippen molar-refractivity contribution in [2.24, 2.45) is 11.8 Å². The molecule has 2 heterocycles. The maximum atomic E-state index is 12.8. The highest BCUT2D eigenvalue weighted by Crippen LogP contribution is 2.35. The Bertz CT molecular complexity index is 586. The molecule has 120 valence electrons. The van der Waals surface area contributed by atoms with Gasteiger partial charge < -0.3 is 5.32 Å². The van der Waals surface area contributed by atoms with E-state index in [9.17, 15) is 8.42 Å². The smallest absolute Gasteiger partial charge is 0.245 e. The molecule has 0 aliphatic carbocycles. The third-order valence-corrected chi connectivity index (χ3v) is 8.29. The Morgan fingerprint density at radius 3 is 2.76 bits per heavy atom. The molecular formula is C14H23BrN2O2S2. The second kappa shape index (κ2) is 7.08. The van der Waals surface area contributed by atoms with Crippen LogP contribution in [0.25, 0.3) is 0 Å². The van der Waals surface area contributed by atoms with Crippen LogP contribution in [-0.4, -0.2) is 32.4 Å². The molecule has 1 aromatic rings. The lowest BCUT2D eigenvalue weighted by Gasteiger charge is -2.34. The quantitative estimate of drug-likeness (QED) is 0.833. The average molecular weight is 395 g/mol. The number of rotatable bonds is 5. The number of hydrogen-bond donors (Lipinski definition) is 1. The summed E-state index contributed by atoms with van der Waals surface area (Å²) >= 11 is 4.92. The van der Waals surface area contributed by atoms with Crippen molar-refractivity contribution in [3.8, 4) is 0 Å². The van der Waals surface area contributed by atoms with Crippen molar-refractivity contribution in [2.75, 3.05) is 19.6 Å². The van der Waals surface area contributed by atoms with Gasteiger partial charge in [-0.2, -0.15) is 4.31 Å². The summed E-state index contributed by atoms with van der Waals surface area (Å²) in [7, 11) is -3.38. The van der Waals surface area contributed by atoms with E-state index >= 15 is 0 Å². The molecule has 1 fully saturated rings. The molecule has 4 nitrogen and oxygen atoms in total. The molecule has 0 bridgehead atoms. The van der Waals surface area contributed by atoms with Crippen molar-refractivity contribution in [2.45, 2.75) is 38.6 Å². The first-order valence-electron chi connectivity index (χ1n) is 7.35. The Kier molecular flexibility index (Phi) is 5.87. The van der Waals surface area contributed by atoms with Gasteiger partial charge in [-0.1, -0.05) is 20.8 Å². The van der Waals surface area contributed by atoms with Crippen LogP contribution >= 0.6 is 27.3 Å². The lowest BCUT2D eigenvalue weighted by Crippen LogP contribution is -2.42. The number of sulfonamides is 1. The predicted molar refractivity (Wildman–Crippen MR) is 91.1 cm³/mol. The van der Waals surface area contributed by atoms with E-state index in [1.807, 2.05) is 6.92 Å². The number of hydrogen-bond acceptors (Lipinski definition) is 4. The van der Waals surface area contributed by atoms with E-state index in [2.05, 4.69) is 35.1 Å². The zero-order chi connectivity index (χ0) is 15.6. The van der Waals surface area contributed by atoms with Gasteiger partial charge in [0, 0.05) is 24.5 Å². The maximum absolute atomic E-state index is 12.8. The highest BCUT2D eigenvalue weighted by molar-refractivity contribution is 9.11. The summed E-state index contributed by atoms with van der Waals surface area (Å²) in [6.07, 6.45) is 0.937. The van der Waals surface area contributed by atoms with Gasteiger partial charge in [0.05, 0.1) is 3.79 Å². The Balaban J connectivity index is 2.21. The molecule has 1 saturated heterocycles. The first-order chi connectivity index (χ1) is 9.86. The van der Waals surface area contributed by atoms with Crippen molar-refractivity contribution in [3.63, 3.8) is 0 Å². The third kappa shape index (κ3) is 3.88. The molecule has 0 aromatic carbocycles. The van der Waals surface area contributed by atoms with Gasteiger partial charge in [-0.05, 0) is 46.8 Å². The molecule has 0 saturated carbocycles. The average Bonchev–Trinajstić information content (AvgIpc) is 2.81. The maximum Gasteiger partial charge on any atom is 0.245 e. The molecule has 1 aliphatic rings. The zero-order valence-corrected chi connectivity index (χ0v) is 15.9. The first kappa shape index (κ1) is 17.4. The standard InChI is InChI=1S/C14H23BrN2O2S2/c1-4-16-8-12-7-13(14(15)20-12)21(18,19)17-6-5-10(2)11(3)9-17/h7,10-11,16H,4-6,8-9H2,1-3H3. The summed E-state index contributed by atoms with van der Waals surface area (Å²) in [5.74, 6) is 0.999. The fourth-order valence-electron chi connectivity index (χ4n) is 2.49. The Hall–Kier alpha value is 0.0500. The van der Waals surface area contributed by atoms with Crippen LogP contribution in [0.1, 0.15) is 32.1 Å². The highest BCUT2D eigenvalue weighted by Gasteiger charge is 2.33. The van der Waals surface area contributed by atoms with Crippen LogP contribution in [0, 0.1) is 11.8 Å². The minimum Gasteiger partial charge on any atom is -0.312 e. The van der Waals surface area contributed by atoms with Gasteiger partial charge in [0.2, 0.25) is 10.0 Å². The van der Waals surface area contributed by atoms with E-state index in [1.54, 1.807) is 10.4 Å². The van der Waals surface area contributed by atoms with Crippen LogP contribution in [-0.2, 0) is 16.6 Å².